The van der Waals surface area contributed by atoms with E-state index >= 15 is 0 Å². The van der Waals surface area contributed by atoms with Crippen LogP contribution in [-0.2, 0) is 6.54 Å². The molecule has 0 radical (unpaired) electrons. The highest BCUT2D eigenvalue weighted by atomic mass is 32.2. The first-order valence-corrected chi connectivity index (χ1v) is 9.37. The Morgan fingerprint density at radius 1 is 1.33 bits per heavy atom. The second-order valence-corrected chi connectivity index (χ2v) is 7.24. The smallest absolute Gasteiger partial charge is 0.173 e. The summed E-state index contributed by atoms with van der Waals surface area (Å²) in [5.74, 6) is 1.44. The average Bonchev–Trinajstić information content (AvgIpc) is 3.08. The molecule has 2 heterocycles. The first-order chi connectivity index (χ1) is 13.0. The molecule has 1 aromatic carbocycles. The molecule has 0 amide bonds. The van der Waals surface area contributed by atoms with E-state index in [1.807, 2.05) is 29.7 Å². The monoisotopic (exact) mass is 385 g/mol. The maximum absolute atomic E-state index is 8.07. The minimum atomic E-state index is 0.183. The van der Waals surface area contributed by atoms with Crippen molar-refractivity contribution in [1.82, 2.24) is 19.5 Å². The highest BCUT2D eigenvalue weighted by Crippen LogP contribution is 2.36. The first-order valence-electron chi connectivity index (χ1n) is 8.56. The predicted molar refractivity (Wildman–Crippen MR) is 105 cm³/mol. The van der Waals surface area contributed by atoms with Crippen LogP contribution in [0.3, 0.4) is 0 Å². The third-order valence-electron chi connectivity index (χ3n) is 4.08. The molecule has 0 unspecified atom stereocenters. The summed E-state index contributed by atoms with van der Waals surface area (Å²) >= 11 is 1.44. The van der Waals surface area contributed by atoms with Gasteiger partial charge in [0.2, 0.25) is 0 Å². The molecule has 8 heteroatoms. The number of nitrogens with zero attached hydrogens (tertiary/aromatic N) is 3. The highest BCUT2D eigenvalue weighted by molar-refractivity contribution is 7.99. The van der Waals surface area contributed by atoms with Gasteiger partial charge in [0.15, 0.2) is 16.3 Å². The van der Waals surface area contributed by atoms with Gasteiger partial charge in [0.1, 0.15) is 17.0 Å². The van der Waals surface area contributed by atoms with Crippen molar-refractivity contribution in [3.8, 4) is 11.5 Å². The van der Waals surface area contributed by atoms with Crippen LogP contribution in [0.15, 0.2) is 46.7 Å². The van der Waals surface area contributed by atoms with Crippen molar-refractivity contribution in [2.75, 3.05) is 14.2 Å². The minimum Gasteiger partial charge on any atom is -0.497 e. The Labute approximate surface area is 162 Å². The summed E-state index contributed by atoms with van der Waals surface area (Å²) in [7, 11) is 3.25. The van der Waals surface area contributed by atoms with Gasteiger partial charge in [-0.3, -0.25) is 5.41 Å². The second-order valence-electron chi connectivity index (χ2n) is 6.21. The Morgan fingerprint density at radius 3 is 2.85 bits per heavy atom. The number of aromatic amines is 1. The summed E-state index contributed by atoms with van der Waals surface area (Å²) in [6, 6.07) is 5.64. The van der Waals surface area contributed by atoms with Gasteiger partial charge in [-0.1, -0.05) is 5.57 Å². The van der Waals surface area contributed by atoms with E-state index in [0.717, 1.165) is 41.3 Å². The van der Waals surface area contributed by atoms with Crippen molar-refractivity contribution >= 4 is 22.9 Å². The van der Waals surface area contributed by atoms with Gasteiger partial charge in [-0.05, 0) is 43.7 Å². The predicted octanol–water partition coefficient (Wildman–Crippen LogP) is 3.76. The molecule has 0 saturated heterocycles. The highest BCUT2D eigenvalue weighted by Gasteiger charge is 2.13. The summed E-state index contributed by atoms with van der Waals surface area (Å²) in [5.41, 5.74) is 2.69. The van der Waals surface area contributed by atoms with Crippen LogP contribution in [0.4, 0.5) is 0 Å². The van der Waals surface area contributed by atoms with Gasteiger partial charge < -0.3 is 19.0 Å². The summed E-state index contributed by atoms with van der Waals surface area (Å²) in [6.45, 7) is 6.74. The fourth-order valence-electron chi connectivity index (χ4n) is 2.69. The van der Waals surface area contributed by atoms with E-state index in [1.165, 1.54) is 11.8 Å². The van der Waals surface area contributed by atoms with Crippen molar-refractivity contribution in [2.45, 2.75) is 36.4 Å². The summed E-state index contributed by atoms with van der Waals surface area (Å²) in [4.78, 5) is 13.0. The van der Waals surface area contributed by atoms with Crippen molar-refractivity contribution in [2.24, 2.45) is 0 Å². The molecule has 0 bridgehead atoms. The Morgan fingerprint density at radius 2 is 2.15 bits per heavy atom. The summed E-state index contributed by atoms with van der Waals surface area (Å²) in [5, 5.41) is 8.75. The van der Waals surface area contributed by atoms with Crippen molar-refractivity contribution < 1.29 is 9.47 Å². The maximum Gasteiger partial charge on any atom is 0.173 e. The Bertz CT molecular complexity index is 1020. The number of ether oxygens (including phenoxy) is 2. The average molecular weight is 385 g/mol. The standard InChI is InChI=1S/C19H23N5O2S/c1-12(2)6-5-9-24-11-21-17(20)16-18(24)23-19(22-16)27-15-8-7-13(25-3)10-14(15)26-4/h7-8,10-11,20H,1,5-6,9H2,2-4H3,(H,22,23). The van der Waals surface area contributed by atoms with Crippen molar-refractivity contribution in [1.29, 1.82) is 5.41 Å². The first kappa shape index (κ1) is 19.0. The molecule has 0 spiro atoms. The van der Waals surface area contributed by atoms with Crippen LogP contribution < -0.4 is 15.0 Å². The number of aryl methyl sites for hydroxylation is 1. The number of hydrogen-bond acceptors (Lipinski definition) is 6. The molecule has 27 heavy (non-hydrogen) atoms. The maximum atomic E-state index is 8.07. The lowest BCUT2D eigenvalue weighted by molar-refractivity contribution is 0.387. The molecule has 0 aliphatic rings. The number of benzene rings is 1. The zero-order valence-corrected chi connectivity index (χ0v) is 16.5. The molecule has 0 aliphatic carbocycles. The molecular formula is C19H23N5O2S. The molecular weight excluding hydrogens is 362 g/mol. The van der Waals surface area contributed by atoms with Gasteiger partial charge in [0.05, 0.1) is 25.4 Å². The number of H-pyrrole nitrogens is 1. The van der Waals surface area contributed by atoms with Crippen LogP contribution in [0.2, 0.25) is 0 Å². The van der Waals surface area contributed by atoms with Gasteiger partial charge >= 0.3 is 0 Å². The molecule has 0 aliphatic heterocycles. The SMILES string of the molecule is C=C(C)CCCn1cnc(=N)c2[nH]c(Sc3ccc(OC)cc3OC)nc21. The van der Waals surface area contributed by atoms with Crippen LogP contribution in [-0.4, -0.2) is 33.7 Å². The summed E-state index contributed by atoms with van der Waals surface area (Å²) in [6.07, 6.45) is 3.58. The van der Waals surface area contributed by atoms with Gasteiger partial charge in [-0.25, -0.2) is 9.97 Å². The fourth-order valence-corrected chi connectivity index (χ4v) is 3.56. The number of methoxy groups -OCH3 is 2. The quantitative estimate of drug-likeness (QED) is 0.576. The number of nitrogens with one attached hydrogen (secondary N) is 2. The third kappa shape index (κ3) is 4.33. The van der Waals surface area contributed by atoms with Crippen LogP contribution in [0, 0.1) is 5.41 Å². The molecule has 142 valence electrons. The topological polar surface area (TPSA) is 88.8 Å². The Balaban J connectivity index is 1.91. The number of imidazole rings is 1. The van der Waals surface area contributed by atoms with Crippen LogP contribution in [0.1, 0.15) is 19.8 Å². The molecule has 2 aromatic heterocycles. The molecule has 2 N–H and O–H groups in total. The van der Waals surface area contributed by atoms with Gasteiger partial charge in [0, 0.05) is 12.6 Å². The molecule has 0 atom stereocenters. The van der Waals surface area contributed by atoms with Crippen LogP contribution >= 0.6 is 11.8 Å². The number of rotatable bonds is 8. The molecule has 0 saturated carbocycles. The Kier molecular flexibility index (Phi) is 5.85. The molecule has 0 fully saturated rings. The minimum absolute atomic E-state index is 0.183. The number of hydrogen-bond donors (Lipinski definition) is 2. The van der Waals surface area contributed by atoms with Gasteiger partial charge in [-0.15, -0.1) is 6.58 Å². The number of aromatic nitrogens is 4. The number of allylic oxidation sites excluding steroid dienone is 1. The van der Waals surface area contributed by atoms with Crippen LogP contribution in [0.25, 0.3) is 11.2 Å². The summed E-state index contributed by atoms with van der Waals surface area (Å²) < 4.78 is 12.7. The third-order valence-corrected chi connectivity index (χ3v) is 5.02. The van der Waals surface area contributed by atoms with E-state index < -0.39 is 0 Å². The van der Waals surface area contributed by atoms with E-state index in [-0.39, 0.29) is 5.49 Å². The lowest BCUT2D eigenvalue weighted by Crippen LogP contribution is -2.12. The molecule has 3 aromatic rings. The van der Waals surface area contributed by atoms with E-state index in [9.17, 15) is 0 Å². The largest absolute Gasteiger partial charge is 0.497 e. The Hall–Kier alpha value is -2.74. The van der Waals surface area contributed by atoms with E-state index in [1.54, 1.807) is 20.5 Å². The van der Waals surface area contributed by atoms with E-state index in [0.29, 0.717) is 16.4 Å². The second kappa shape index (κ2) is 8.30. The van der Waals surface area contributed by atoms with Crippen LogP contribution in [0.5, 0.6) is 11.5 Å². The van der Waals surface area contributed by atoms with Crippen molar-refractivity contribution in [3.05, 3.63) is 42.2 Å². The zero-order chi connectivity index (χ0) is 19.4. The molecule has 3 rings (SSSR count). The van der Waals surface area contributed by atoms with Gasteiger partial charge in [-0.2, -0.15) is 0 Å². The van der Waals surface area contributed by atoms with Gasteiger partial charge in [0.25, 0.3) is 0 Å². The number of fused-ring (bicyclic) bond motifs is 1. The van der Waals surface area contributed by atoms with E-state index in [4.69, 9.17) is 14.9 Å². The normalized spacial score (nSPS) is 10.9. The van der Waals surface area contributed by atoms with Crippen molar-refractivity contribution in [3.63, 3.8) is 0 Å². The lowest BCUT2D eigenvalue weighted by Gasteiger charge is -2.08. The fraction of sp³-hybridized carbons (Fsp3) is 0.316. The molecule has 7 nitrogen and oxygen atoms in total. The van der Waals surface area contributed by atoms with E-state index in [2.05, 4.69) is 21.5 Å². The lowest BCUT2D eigenvalue weighted by atomic mass is 10.2. The zero-order valence-electron chi connectivity index (χ0n) is 15.7.